The average Bonchev–Trinajstić information content (AvgIpc) is 3.34. The molecule has 27 heavy (non-hydrogen) atoms. The van der Waals surface area contributed by atoms with E-state index in [1.165, 1.54) is 11.9 Å². The van der Waals surface area contributed by atoms with Crippen molar-refractivity contribution < 1.29 is 4.79 Å². The fraction of sp³-hybridized carbons (Fsp3) is 0.263. The summed E-state index contributed by atoms with van der Waals surface area (Å²) in [4.78, 5) is 12.6. The van der Waals surface area contributed by atoms with E-state index in [2.05, 4.69) is 50.8 Å². The molecule has 0 bridgehead atoms. The second kappa shape index (κ2) is 7.65. The number of tetrazole rings is 1. The van der Waals surface area contributed by atoms with Crippen molar-refractivity contribution in [1.29, 1.82) is 0 Å². The van der Waals surface area contributed by atoms with Gasteiger partial charge in [0.15, 0.2) is 0 Å². The predicted octanol–water partition coefficient (Wildman–Crippen LogP) is 1.84. The fourth-order valence-electron chi connectivity index (χ4n) is 3.41. The van der Waals surface area contributed by atoms with Gasteiger partial charge in [-0.3, -0.25) is 10.2 Å². The molecule has 1 aromatic heterocycles. The molecule has 3 N–H and O–H groups in total. The first-order valence-corrected chi connectivity index (χ1v) is 8.90. The molecule has 1 aliphatic rings. The highest BCUT2D eigenvalue weighted by molar-refractivity contribution is 5.91. The molecular weight excluding hydrogens is 342 g/mol. The van der Waals surface area contributed by atoms with Crippen LogP contribution in [0.3, 0.4) is 0 Å². The van der Waals surface area contributed by atoms with E-state index < -0.39 is 0 Å². The van der Waals surface area contributed by atoms with Crippen LogP contribution in [0.2, 0.25) is 0 Å². The second-order valence-electron chi connectivity index (χ2n) is 6.68. The molecule has 0 radical (unpaired) electrons. The van der Waals surface area contributed by atoms with Gasteiger partial charge in [0.2, 0.25) is 5.91 Å². The molecule has 138 valence electrons. The molecule has 1 aliphatic heterocycles. The van der Waals surface area contributed by atoms with Crippen LogP contribution >= 0.6 is 0 Å². The Morgan fingerprint density at radius 2 is 1.89 bits per heavy atom. The van der Waals surface area contributed by atoms with Gasteiger partial charge < -0.3 is 5.32 Å². The molecule has 1 amide bonds. The number of hydrogen-bond donors (Lipinski definition) is 3. The zero-order valence-corrected chi connectivity index (χ0v) is 14.9. The molecule has 8 nitrogen and oxygen atoms in total. The average molecular weight is 363 g/mol. The normalized spacial score (nSPS) is 21.9. The number of anilines is 1. The Hall–Kier alpha value is -3.10. The number of hydrazine groups is 1. The Labute approximate surface area is 156 Å². The van der Waals surface area contributed by atoms with Crippen molar-refractivity contribution in [1.82, 2.24) is 31.1 Å². The number of nitrogens with one attached hydrogen (secondary N) is 3. The Kier molecular flexibility index (Phi) is 4.91. The maximum Gasteiger partial charge on any atom is 0.224 e. The first-order chi connectivity index (χ1) is 13.2. The van der Waals surface area contributed by atoms with Crippen molar-refractivity contribution in [3.05, 3.63) is 66.5 Å². The SMILES string of the molecule is CC1NNC(c2ccccc2)C1CC(=O)Nc1ccc(-n2cnnn2)cc1. The van der Waals surface area contributed by atoms with Crippen molar-refractivity contribution in [3.63, 3.8) is 0 Å². The maximum absolute atomic E-state index is 12.6. The minimum Gasteiger partial charge on any atom is -0.326 e. The van der Waals surface area contributed by atoms with Crippen LogP contribution in [-0.4, -0.2) is 32.2 Å². The zero-order valence-electron chi connectivity index (χ0n) is 14.9. The number of benzene rings is 2. The van der Waals surface area contributed by atoms with Crippen molar-refractivity contribution in [2.24, 2.45) is 5.92 Å². The minimum atomic E-state index is -0.00606. The van der Waals surface area contributed by atoms with Crippen molar-refractivity contribution in [2.45, 2.75) is 25.4 Å². The summed E-state index contributed by atoms with van der Waals surface area (Å²) in [5.41, 5.74) is 9.33. The third-order valence-corrected chi connectivity index (χ3v) is 4.88. The van der Waals surface area contributed by atoms with Crippen LogP contribution in [0.4, 0.5) is 5.69 Å². The first-order valence-electron chi connectivity index (χ1n) is 8.90. The van der Waals surface area contributed by atoms with E-state index >= 15 is 0 Å². The Morgan fingerprint density at radius 3 is 2.59 bits per heavy atom. The van der Waals surface area contributed by atoms with Gasteiger partial charge in [0.1, 0.15) is 6.33 Å². The van der Waals surface area contributed by atoms with E-state index in [0.717, 1.165) is 11.4 Å². The van der Waals surface area contributed by atoms with Crippen molar-refractivity contribution in [3.8, 4) is 5.69 Å². The van der Waals surface area contributed by atoms with Gasteiger partial charge in [0, 0.05) is 24.1 Å². The lowest BCUT2D eigenvalue weighted by molar-refractivity contribution is -0.117. The largest absolute Gasteiger partial charge is 0.326 e. The summed E-state index contributed by atoms with van der Waals surface area (Å²) in [5, 5.41) is 14.1. The van der Waals surface area contributed by atoms with Crippen LogP contribution in [0.15, 0.2) is 60.9 Å². The van der Waals surface area contributed by atoms with Gasteiger partial charge in [-0.25, -0.2) is 10.1 Å². The van der Waals surface area contributed by atoms with Gasteiger partial charge in [-0.2, -0.15) is 0 Å². The number of rotatable bonds is 5. The van der Waals surface area contributed by atoms with Crippen LogP contribution < -0.4 is 16.2 Å². The summed E-state index contributed by atoms with van der Waals surface area (Å²) in [6.45, 7) is 2.09. The van der Waals surface area contributed by atoms with Crippen LogP contribution in [0.25, 0.3) is 5.69 Å². The standard InChI is InChI=1S/C19H21N7O/c1-13-17(19(23-22-13)14-5-3-2-4-6-14)11-18(27)21-15-7-9-16(10-8-15)26-12-20-24-25-26/h2-10,12-13,17,19,22-23H,11H2,1H3,(H,21,27). The van der Waals surface area contributed by atoms with Crippen LogP contribution in [0, 0.1) is 5.92 Å². The summed E-state index contributed by atoms with van der Waals surface area (Å²) in [6, 6.07) is 17.9. The number of aromatic nitrogens is 4. The van der Waals surface area contributed by atoms with Gasteiger partial charge in [-0.15, -0.1) is 5.10 Å². The van der Waals surface area contributed by atoms with Gasteiger partial charge in [-0.05, 0) is 47.2 Å². The van der Waals surface area contributed by atoms with Gasteiger partial charge in [0.05, 0.1) is 11.7 Å². The second-order valence-corrected chi connectivity index (χ2v) is 6.68. The monoisotopic (exact) mass is 363 g/mol. The summed E-state index contributed by atoms with van der Waals surface area (Å²) in [5.74, 6) is 0.154. The highest BCUT2D eigenvalue weighted by atomic mass is 16.1. The van der Waals surface area contributed by atoms with Gasteiger partial charge in [0.25, 0.3) is 0 Å². The zero-order chi connectivity index (χ0) is 18.6. The third kappa shape index (κ3) is 3.86. The van der Waals surface area contributed by atoms with Gasteiger partial charge >= 0.3 is 0 Å². The van der Waals surface area contributed by atoms with Crippen LogP contribution in [0.1, 0.15) is 24.9 Å². The number of nitrogens with zero attached hydrogens (tertiary/aromatic N) is 4. The summed E-state index contributed by atoms with van der Waals surface area (Å²) in [6.07, 6.45) is 1.95. The Balaban J connectivity index is 1.41. The quantitative estimate of drug-likeness (QED) is 0.640. The lowest BCUT2D eigenvalue weighted by Crippen LogP contribution is -2.29. The van der Waals surface area contributed by atoms with E-state index in [0.29, 0.717) is 6.42 Å². The molecule has 0 spiro atoms. The van der Waals surface area contributed by atoms with E-state index in [-0.39, 0.29) is 23.9 Å². The Bertz CT molecular complexity index is 880. The molecule has 4 rings (SSSR count). The topological polar surface area (TPSA) is 96.8 Å². The summed E-state index contributed by atoms with van der Waals surface area (Å²) < 4.78 is 1.56. The molecule has 1 fully saturated rings. The molecule has 2 aromatic carbocycles. The Morgan fingerprint density at radius 1 is 1.11 bits per heavy atom. The fourth-order valence-corrected chi connectivity index (χ4v) is 3.41. The van der Waals surface area contributed by atoms with Crippen molar-refractivity contribution >= 4 is 11.6 Å². The molecule has 0 aliphatic carbocycles. The minimum absolute atomic E-state index is 0.00606. The number of carbonyl (C=O) groups excluding carboxylic acids is 1. The van der Waals surface area contributed by atoms with Crippen LogP contribution in [-0.2, 0) is 4.79 Å². The predicted molar refractivity (Wildman–Crippen MR) is 101 cm³/mol. The third-order valence-electron chi connectivity index (χ3n) is 4.88. The lowest BCUT2D eigenvalue weighted by Gasteiger charge is -2.21. The molecule has 3 atom stereocenters. The number of hydrogen-bond acceptors (Lipinski definition) is 6. The molecule has 3 unspecified atom stereocenters. The first kappa shape index (κ1) is 17.3. The molecule has 0 saturated carbocycles. The molecular formula is C19H21N7O. The van der Waals surface area contributed by atoms with E-state index in [4.69, 9.17) is 0 Å². The van der Waals surface area contributed by atoms with E-state index in [9.17, 15) is 4.79 Å². The van der Waals surface area contributed by atoms with E-state index in [1.54, 1.807) is 4.68 Å². The van der Waals surface area contributed by atoms with Crippen molar-refractivity contribution in [2.75, 3.05) is 5.32 Å². The summed E-state index contributed by atoms with van der Waals surface area (Å²) >= 11 is 0. The molecule has 2 heterocycles. The summed E-state index contributed by atoms with van der Waals surface area (Å²) in [7, 11) is 0. The molecule has 8 heteroatoms. The smallest absolute Gasteiger partial charge is 0.224 e. The lowest BCUT2D eigenvalue weighted by atomic mass is 9.87. The van der Waals surface area contributed by atoms with Gasteiger partial charge in [-0.1, -0.05) is 30.3 Å². The van der Waals surface area contributed by atoms with Crippen LogP contribution in [0.5, 0.6) is 0 Å². The number of carbonyl (C=O) groups is 1. The van der Waals surface area contributed by atoms with E-state index in [1.807, 2.05) is 42.5 Å². The number of amides is 1. The molecule has 1 saturated heterocycles. The maximum atomic E-state index is 12.6. The highest BCUT2D eigenvalue weighted by Crippen LogP contribution is 2.31. The molecule has 3 aromatic rings. The highest BCUT2D eigenvalue weighted by Gasteiger charge is 2.35.